The van der Waals surface area contributed by atoms with Crippen LogP contribution in [0.15, 0.2) is 40.5 Å². The Hall–Kier alpha value is -2.87. The minimum absolute atomic E-state index is 0.102. The Morgan fingerprint density at radius 1 is 1.31 bits per heavy atom. The number of nitrogens with one attached hydrogen (secondary N) is 1. The first-order valence-corrected chi connectivity index (χ1v) is 8.95. The summed E-state index contributed by atoms with van der Waals surface area (Å²) in [4.78, 5) is 29.1. The Labute approximate surface area is 154 Å². The number of carbonyl (C=O) groups excluding carboxylic acids is 1. The van der Waals surface area contributed by atoms with E-state index in [4.69, 9.17) is 9.47 Å². The Morgan fingerprint density at radius 3 is 2.85 bits per heavy atom. The van der Waals surface area contributed by atoms with Crippen LogP contribution in [0.2, 0.25) is 0 Å². The fourth-order valence-electron chi connectivity index (χ4n) is 2.52. The molecule has 1 amide bonds. The number of amides is 1. The minimum Gasteiger partial charge on any atom is -0.493 e. The quantitative estimate of drug-likeness (QED) is 0.683. The first kappa shape index (κ1) is 17.9. The Kier molecular flexibility index (Phi) is 5.52. The smallest absolute Gasteiger partial charge is 0.258 e. The number of fused-ring (bicyclic) bond motifs is 1. The second-order valence-electron chi connectivity index (χ2n) is 5.62. The first-order chi connectivity index (χ1) is 12.6. The first-order valence-electron chi connectivity index (χ1n) is 8.08. The maximum atomic E-state index is 12.1. The van der Waals surface area contributed by atoms with Crippen molar-refractivity contribution in [1.82, 2.24) is 14.7 Å². The van der Waals surface area contributed by atoms with Crippen LogP contribution >= 0.6 is 11.3 Å². The number of hydrogen-bond acceptors (Lipinski definition) is 6. The number of nitrogens with zero attached hydrogens (tertiary/aromatic N) is 2. The van der Waals surface area contributed by atoms with Crippen LogP contribution in [0.25, 0.3) is 4.96 Å². The number of para-hydroxylation sites is 2. The molecule has 0 fully saturated rings. The number of methoxy groups -OCH3 is 1. The van der Waals surface area contributed by atoms with Gasteiger partial charge in [0.05, 0.1) is 7.11 Å². The molecule has 1 N–H and O–H groups in total. The van der Waals surface area contributed by atoms with Crippen molar-refractivity contribution in [3.8, 4) is 11.5 Å². The van der Waals surface area contributed by atoms with Crippen LogP contribution in [-0.2, 0) is 11.2 Å². The molecule has 1 aromatic carbocycles. The zero-order chi connectivity index (χ0) is 18.5. The van der Waals surface area contributed by atoms with Crippen molar-refractivity contribution < 1.29 is 14.3 Å². The third kappa shape index (κ3) is 4.02. The minimum atomic E-state index is -0.239. The number of aromatic nitrogens is 2. The molecule has 0 unspecified atom stereocenters. The molecule has 0 radical (unpaired) electrons. The zero-order valence-corrected chi connectivity index (χ0v) is 15.3. The van der Waals surface area contributed by atoms with E-state index in [9.17, 15) is 9.59 Å². The lowest BCUT2D eigenvalue weighted by atomic mass is 10.3. The lowest BCUT2D eigenvalue weighted by molar-refractivity contribution is -0.123. The molecule has 7 nitrogen and oxygen atoms in total. The molecule has 0 saturated carbocycles. The molecule has 136 valence electrons. The van der Waals surface area contributed by atoms with Crippen LogP contribution < -0.4 is 20.3 Å². The van der Waals surface area contributed by atoms with Gasteiger partial charge in [-0.25, -0.2) is 4.98 Å². The van der Waals surface area contributed by atoms with Crippen molar-refractivity contribution in [1.29, 1.82) is 0 Å². The highest BCUT2D eigenvalue weighted by molar-refractivity contribution is 7.15. The number of hydrogen-bond donors (Lipinski definition) is 1. The van der Waals surface area contributed by atoms with Crippen LogP contribution in [0, 0.1) is 6.92 Å². The summed E-state index contributed by atoms with van der Waals surface area (Å²) in [6.45, 7) is 2.09. The van der Waals surface area contributed by atoms with Crippen molar-refractivity contribution in [3.63, 3.8) is 0 Å². The van der Waals surface area contributed by atoms with Gasteiger partial charge in [0.2, 0.25) is 0 Å². The monoisotopic (exact) mass is 373 g/mol. The Morgan fingerprint density at radius 2 is 2.08 bits per heavy atom. The summed E-state index contributed by atoms with van der Waals surface area (Å²) in [5, 5.41) is 4.68. The number of aryl methyl sites for hydroxylation is 1. The maximum absolute atomic E-state index is 12.1. The van der Waals surface area contributed by atoms with Crippen molar-refractivity contribution in [2.75, 3.05) is 20.3 Å². The molecule has 8 heteroatoms. The molecule has 3 rings (SSSR count). The van der Waals surface area contributed by atoms with E-state index < -0.39 is 0 Å². The van der Waals surface area contributed by atoms with Gasteiger partial charge in [0.25, 0.3) is 11.5 Å². The molecule has 2 aromatic heterocycles. The van der Waals surface area contributed by atoms with E-state index in [0.717, 1.165) is 5.69 Å². The van der Waals surface area contributed by atoms with Crippen molar-refractivity contribution in [3.05, 3.63) is 57.5 Å². The van der Waals surface area contributed by atoms with Gasteiger partial charge in [0.15, 0.2) is 23.1 Å². The van der Waals surface area contributed by atoms with Crippen LogP contribution in [0.3, 0.4) is 0 Å². The highest BCUT2D eigenvalue weighted by Gasteiger charge is 2.09. The van der Waals surface area contributed by atoms with E-state index in [1.807, 2.05) is 17.5 Å². The third-order valence-electron chi connectivity index (χ3n) is 3.73. The summed E-state index contributed by atoms with van der Waals surface area (Å²) in [5.41, 5.74) is 1.42. The number of rotatable bonds is 7. The molecule has 0 bridgehead atoms. The molecule has 2 heterocycles. The third-order valence-corrected chi connectivity index (χ3v) is 4.61. The lowest BCUT2D eigenvalue weighted by Gasteiger charge is -2.10. The van der Waals surface area contributed by atoms with Crippen molar-refractivity contribution >= 4 is 22.2 Å². The van der Waals surface area contributed by atoms with Gasteiger partial charge in [-0.3, -0.25) is 14.0 Å². The molecule has 0 aliphatic heterocycles. The van der Waals surface area contributed by atoms with E-state index in [1.54, 1.807) is 30.6 Å². The Bertz CT molecular complexity index is 980. The van der Waals surface area contributed by atoms with E-state index >= 15 is 0 Å². The summed E-state index contributed by atoms with van der Waals surface area (Å²) < 4.78 is 12.2. The van der Waals surface area contributed by atoms with Gasteiger partial charge in [-0.1, -0.05) is 12.1 Å². The molecule has 3 aromatic rings. The van der Waals surface area contributed by atoms with Crippen molar-refractivity contribution in [2.24, 2.45) is 0 Å². The SMILES string of the molecule is COc1ccccc1OCC(=O)NCCc1csc2nc(C)cc(=O)n12. The average molecular weight is 373 g/mol. The summed E-state index contributed by atoms with van der Waals surface area (Å²) in [6, 6.07) is 8.65. The predicted octanol–water partition coefficient (Wildman–Crippen LogP) is 1.81. The fourth-order valence-corrected chi connectivity index (χ4v) is 3.49. The highest BCUT2D eigenvalue weighted by Crippen LogP contribution is 2.25. The van der Waals surface area contributed by atoms with Crippen LogP contribution in [0.5, 0.6) is 11.5 Å². The molecule has 0 atom stereocenters. The standard InChI is InChI=1S/C18H19N3O4S/c1-12-9-17(23)21-13(11-26-18(21)20-12)7-8-19-16(22)10-25-15-6-4-3-5-14(15)24-2/h3-6,9,11H,7-8,10H2,1-2H3,(H,19,22). The van der Waals surface area contributed by atoms with Crippen LogP contribution in [-0.4, -0.2) is 35.6 Å². The zero-order valence-electron chi connectivity index (χ0n) is 14.5. The van der Waals surface area contributed by atoms with E-state index in [2.05, 4.69) is 10.3 Å². The van der Waals surface area contributed by atoms with Gasteiger partial charge in [0, 0.05) is 35.8 Å². The van der Waals surface area contributed by atoms with Crippen molar-refractivity contribution in [2.45, 2.75) is 13.3 Å². The van der Waals surface area contributed by atoms with Gasteiger partial charge in [0.1, 0.15) is 0 Å². The second-order valence-corrected chi connectivity index (χ2v) is 6.46. The molecular weight excluding hydrogens is 354 g/mol. The summed E-state index contributed by atoms with van der Waals surface area (Å²) in [6.07, 6.45) is 0.533. The van der Waals surface area contributed by atoms with Gasteiger partial charge in [-0.15, -0.1) is 11.3 Å². The largest absolute Gasteiger partial charge is 0.493 e. The molecule has 0 saturated heterocycles. The van der Waals surface area contributed by atoms with Crippen LogP contribution in [0.4, 0.5) is 0 Å². The normalized spacial score (nSPS) is 10.7. The van der Waals surface area contributed by atoms with E-state index in [1.165, 1.54) is 17.4 Å². The molecular formula is C18H19N3O4S. The second kappa shape index (κ2) is 8.01. The number of benzene rings is 1. The summed E-state index contributed by atoms with van der Waals surface area (Å²) in [5.74, 6) is 0.853. The number of ether oxygens (including phenoxy) is 2. The average Bonchev–Trinajstić information content (AvgIpc) is 3.03. The lowest BCUT2D eigenvalue weighted by Crippen LogP contribution is -2.31. The highest BCUT2D eigenvalue weighted by atomic mass is 32.1. The van der Waals surface area contributed by atoms with Gasteiger partial charge >= 0.3 is 0 Å². The van der Waals surface area contributed by atoms with Gasteiger partial charge in [-0.2, -0.15) is 0 Å². The summed E-state index contributed by atoms with van der Waals surface area (Å²) in [7, 11) is 1.55. The molecule has 0 aliphatic rings. The van der Waals surface area contributed by atoms with E-state index in [0.29, 0.717) is 35.1 Å². The number of thiazole rings is 1. The van der Waals surface area contributed by atoms with Gasteiger partial charge < -0.3 is 14.8 Å². The molecule has 0 aliphatic carbocycles. The molecule has 26 heavy (non-hydrogen) atoms. The Balaban J connectivity index is 1.54. The van der Waals surface area contributed by atoms with Crippen LogP contribution in [0.1, 0.15) is 11.4 Å². The van der Waals surface area contributed by atoms with E-state index in [-0.39, 0.29) is 18.1 Å². The number of carbonyl (C=O) groups is 1. The van der Waals surface area contributed by atoms with Gasteiger partial charge in [-0.05, 0) is 19.1 Å². The maximum Gasteiger partial charge on any atom is 0.258 e. The topological polar surface area (TPSA) is 81.9 Å². The summed E-state index contributed by atoms with van der Waals surface area (Å²) >= 11 is 1.41. The predicted molar refractivity (Wildman–Crippen MR) is 99.3 cm³/mol. The fraction of sp³-hybridized carbons (Fsp3) is 0.278. The molecule has 0 spiro atoms.